The van der Waals surface area contributed by atoms with Crippen molar-refractivity contribution in [3.8, 4) is 0 Å². The first-order valence-corrected chi connectivity index (χ1v) is 9.40. The van der Waals surface area contributed by atoms with Crippen LogP contribution in [0.2, 0.25) is 0 Å². The predicted molar refractivity (Wildman–Crippen MR) is 96.3 cm³/mol. The van der Waals surface area contributed by atoms with Gasteiger partial charge in [0.05, 0.1) is 5.69 Å². The normalized spacial score (nSPS) is 15.8. The molecule has 2 heterocycles. The van der Waals surface area contributed by atoms with Crippen molar-refractivity contribution in [3.05, 3.63) is 46.0 Å². The molecule has 3 rings (SSSR count). The van der Waals surface area contributed by atoms with Crippen LogP contribution in [0.15, 0.2) is 24.3 Å². The Balaban J connectivity index is 1.60. The van der Waals surface area contributed by atoms with Crippen LogP contribution in [0.5, 0.6) is 0 Å². The highest BCUT2D eigenvalue weighted by atomic mass is 32.1. The fraction of sp³-hybridized carbons (Fsp3) is 0.500. The third kappa shape index (κ3) is 3.65. The predicted octanol–water partition coefficient (Wildman–Crippen LogP) is 2.67. The molecule has 1 atom stereocenters. The molecule has 1 amide bonds. The summed E-state index contributed by atoms with van der Waals surface area (Å²) < 4.78 is 3.90. The van der Waals surface area contributed by atoms with Crippen LogP contribution in [0, 0.1) is 0 Å². The molecule has 0 saturated carbocycles. The molecule has 5 nitrogen and oxygen atoms in total. The van der Waals surface area contributed by atoms with Crippen LogP contribution in [-0.2, 0) is 19.4 Å². The van der Waals surface area contributed by atoms with Crippen LogP contribution in [0.25, 0.3) is 0 Å². The summed E-state index contributed by atoms with van der Waals surface area (Å²) in [6.07, 6.45) is 2.84. The van der Waals surface area contributed by atoms with Gasteiger partial charge in [0, 0.05) is 25.7 Å². The Morgan fingerprint density at radius 1 is 1.33 bits per heavy atom. The van der Waals surface area contributed by atoms with Gasteiger partial charge in [-0.2, -0.15) is 0 Å². The van der Waals surface area contributed by atoms with Gasteiger partial charge in [-0.25, -0.2) is 0 Å². The molecule has 24 heavy (non-hydrogen) atoms. The Labute approximate surface area is 147 Å². The lowest BCUT2D eigenvalue weighted by molar-refractivity contribution is 0.0929. The summed E-state index contributed by atoms with van der Waals surface area (Å²) in [5.74, 6) is -0.0438. The maximum absolute atomic E-state index is 12.4. The lowest BCUT2D eigenvalue weighted by atomic mass is 9.98. The number of rotatable bonds is 6. The highest BCUT2D eigenvalue weighted by molar-refractivity contribution is 7.08. The van der Waals surface area contributed by atoms with Crippen molar-refractivity contribution in [2.45, 2.75) is 45.7 Å². The van der Waals surface area contributed by atoms with E-state index in [4.69, 9.17) is 0 Å². The van der Waals surface area contributed by atoms with Gasteiger partial charge in [0.1, 0.15) is 4.88 Å². The molecule has 1 aromatic carbocycles. The molecule has 0 unspecified atom stereocenters. The van der Waals surface area contributed by atoms with E-state index in [0.717, 1.165) is 38.0 Å². The summed E-state index contributed by atoms with van der Waals surface area (Å²) in [6, 6.07) is 9.00. The molecule has 0 fully saturated rings. The molecule has 0 spiro atoms. The van der Waals surface area contributed by atoms with Crippen molar-refractivity contribution in [2.75, 3.05) is 13.1 Å². The highest BCUT2D eigenvalue weighted by Gasteiger charge is 2.23. The molecular weight excluding hydrogens is 320 g/mol. The Morgan fingerprint density at radius 3 is 2.88 bits per heavy atom. The first-order chi connectivity index (χ1) is 11.7. The Bertz CT molecular complexity index is 700. The standard InChI is InChI=1S/C18H24N4OS/c1-3-15(11-19-18(23)17-16(4-2)20-21-24-17)22-10-9-13-7-5-6-8-14(13)12-22/h5-8,15H,3-4,9-12H2,1-2H3,(H,19,23)/t15-/m1/s1. The lowest BCUT2D eigenvalue weighted by Gasteiger charge is -2.35. The van der Waals surface area contributed by atoms with Crippen molar-refractivity contribution >= 4 is 17.4 Å². The van der Waals surface area contributed by atoms with E-state index in [1.54, 1.807) is 0 Å². The van der Waals surface area contributed by atoms with E-state index in [1.165, 1.54) is 22.7 Å². The van der Waals surface area contributed by atoms with Crippen molar-refractivity contribution in [2.24, 2.45) is 0 Å². The van der Waals surface area contributed by atoms with E-state index in [-0.39, 0.29) is 5.91 Å². The van der Waals surface area contributed by atoms with Crippen LogP contribution < -0.4 is 5.32 Å². The van der Waals surface area contributed by atoms with Gasteiger partial charge in [-0.3, -0.25) is 9.69 Å². The lowest BCUT2D eigenvalue weighted by Crippen LogP contribution is -2.45. The number of nitrogens with zero attached hydrogens (tertiary/aromatic N) is 3. The van der Waals surface area contributed by atoms with Gasteiger partial charge in [-0.05, 0) is 41.9 Å². The van der Waals surface area contributed by atoms with Crippen LogP contribution in [0.3, 0.4) is 0 Å². The van der Waals surface area contributed by atoms with Gasteiger partial charge >= 0.3 is 0 Å². The van der Waals surface area contributed by atoms with E-state index < -0.39 is 0 Å². The van der Waals surface area contributed by atoms with Crippen molar-refractivity contribution in [1.82, 2.24) is 19.8 Å². The maximum atomic E-state index is 12.4. The van der Waals surface area contributed by atoms with Gasteiger partial charge in [-0.1, -0.05) is 42.6 Å². The Morgan fingerprint density at radius 2 is 2.12 bits per heavy atom. The Kier molecular flexibility index (Phi) is 5.58. The second-order valence-corrected chi connectivity index (χ2v) is 6.92. The molecular formula is C18H24N4OS. The molecule has 6 heteroatoms. The molecule has 0 bridgehead atoms. The van der Waals surface area contributed by atoms with Crippen molar-refractivity contribution < 1.29 is 4.79 Å². The third-order valence-corrected chi connectivity index (χ3v) is 5.51. The average molecular weight is 344 g/mol. The van der Waals surface area contributed by atoms with Crippen LogP contribution in [0.4, 0.5) is 0 Å². The van der Waals surface area contributed by atoms with Crippen LogP contribution in [-0.4, -0.2) is 39.5 Å². The van der Waals surface area contributed by atoms with E-state index in [2.05, 4.69) is 51.0 Å². The summed E-state index contributed by atoms with van der Waals surface area (Å²) in [4.78, 5) is 15.5. The number of carbonyl (C=O) groups excluding carboxylic acids is 1. The fourth-order valence-electron chi connectivity index (χ4n) is 3.26. The number of nitrogens with one attached hydrogen (secondary N) is 1. The minimum atomic E-state index is -0.0438. The monoisotopic (exact) mass is 344 g/mol. The zero-order valence-electron chi connectivity index (χ0n) is 14.3. The number of amides is 1. The largest absolute Gasteiger partial charge is 0.350 e. The number of carbonyl (C=O) groups is 1. The molecule has 0 saturated heterocycles. The van der Waals surface area contributed by atoms with Gasteiger partial charge in [0.15, 0.2) is 0 Å². The SMILES string of the molecule is CCc1nnsc1C(=O)NC[C@@H](CC)N1CCc2ccccc2C1. The van der Waals surface area contributed by atoms with Gasteiger partial charge < -0.3 is 5.32 Å². The summed E-state index contributed by atoms with van der Waals surface area (Å²) in [5, 5.41) is 7.10. The molecule has 1 N–H and O–H groups in total. The molecule has 128 valence electrons. The smallest absolute Gasteiger partial charge is 0.265 e. The van der Waals surface area contributed by atoms with Gasteiger partial charge in [0.25, 0.3) is 5.91 Å². The molecule has 1 aromatic heterocycles. The van der Waals surface area contributed by atoms with Gasteiger partial charge in [0.2, 0.25) is 0 Å². The topological polar surface area (TPSA) is 58.1 Å². The zero-order valence-corrected chi connectivity index (χ0v) is 15.1. The van der Waals surface area contributed by atoms with Crippen molar-refractivity contribution in [3.63, 3.8) is 0 Å². The number of aromatic nitrogens is 2. The van der Waals surface area contributed by atoms with E-state index in [1.807, 2.05) is 6.92 Å². The summed E-state index contributed by atoms with van der Waals surface area (Å²) in [5.41, 5.74) is 3.65. The minimum Gasteiger partial charge on any atom is -0.350 e. The quantitative estimate of drug-likeness (QED) is 0.875. The number of hydrogen-bond donors (Lipinski definition) is 1. The van der Waals surface area contributed by atoms with Gasteiger partial charge in [-0.15, -0.1) is 5.10 Å². The Hall–Kier alpha value is -1.79. The molecule has 1 aliphatic heterocycles. The van der Waals surface area contributed by atoms with Crippen LogP contribution in [0.1, 0.15) is 46.8 Å². The molecule has 0 radical (unpaired) electrons. The number of hydrogen-bond acceptors (Lipinski definition) is 5. The van der Waals surface area contributed by atoms with E-state index in [9.17, 15) is 4.79 Å². The number of aryl methyl sites for hydroxylation is 1. The molecule has 0 aliphatic carbocycles. The molecule has 1 aliphatic rings. The fourth-order valence-corrected chi connectivity index (χ4v) is 3.93. The summed E-state index contributed by atoms with van der Waals surface area (Å²) in [6.45, 7) is 6.86. The second kappa shape index (κ2) is 7.85. The first-order valence-electron chi connectivity index (χ1n) is 8.63. The molecule has 2 aromatic rings. The minimum absolute atomic E-state index is 0.0438. The van der Waals surface area contributed by atoms with Crippen LogP contribution >= 0.6 is 11.5 Å². The van der Waals surface area contributed by atoms with E-state index >= 15 is 0 Å². The first kappa shape index (κ1) is 17.0. The second-order valence-electron chi connectivity index (χ2n) is 6.16. The third-order valence-electron chi connectivity index (χ3n) is 4.74. The highest BCUT2D eigenvalue weighted by Crippen LogP contribution is 2.21. The summed E-state index contributed by atoms with van der Waals surface area (Å²) in [7, 11) is 0. The van der Waals surface area contributed by atoms with E-state index in [0.29, 0.717) is 17.5 Å². The maximum Gasteiger partial charge on any atom is 0.265 e. The zero-order chi connectivity index (χ0) is 16.9. The number of fused-ring (bicyclic) bond motifs is 1. The van der Waals surface area contributed by atoms with Crippen molar-refractivity contribution in [1.29, 1.82) is 0 Å². The number of benzene rings is 1. The average Bonchev–Trinajstić information content (AvgIpc) is 3.10. The summed E-state index contributed by atoms with van der Waals surface area (Å²) >= 11 is 1.18.